The van der Waals surface area contributed by atoms with Crippen molar-refractivity contribution in [3.05, 3.63) is 187 Å². The number of rotatable bonds is 6. The number of hydrogen-bond donors (Lipinski definition) is 0. The molecule has 262 valence electrons. The molecule has 0 atom stereocenters. The molecule has 56 heavy (non-hydrogen) atoms. The van der Waals surface area contributed by atoms with Crippen LogP contribution in [-0.4, -0.2) is 15.0 Å². The van der Waals surface area contributed by atoms with E-state index in [1.165, 1.54) is 0 Å². The lowest BCUT2D eigenvalue weighted by atomic mass is 9.94. The predicted molar refractivity (Wildman–Crippen MR) is 233 cm³/mol. The molecule has 0 aliphatic heterocycles. The van der Waals surface area contributed by atoms with E-state index in [0.29, 0.717) is 11.3 Å². The summed E-state index contributed by atoms with van der Waals surface area (Å²) in [5.41, 5.74) is -7.76. The maximum atomic E-state index is 9.71. The van der Waals surface area contributed by atoms with Crippen molar-refractivity contribution < 1.29 is 46.9 Å². The van der Waals surface area contributed by atoms with Gasteiger partial charge in [-0.3, -0.25) is 0 Å². The molecular formula is C51H31N3OS. The highest BCUT2D eigenvalue weighted by Gasteiger charge is 2.22. The Labute approximate surface area is 370 Å². The number of furan rings is 1. The zero-order valence-electron chi connectivity index (χ0n) is 58.7. The first kappa shape index (κ1) is 13.8. The van der Waals surface area contributed by atoms with Crippen LogP contribution in [0.2, 0.25) is 0 Å². The van der Waals surface area contributed by atoms with Crippen molar-refractivity contribution in [2.24, 2.45) is 0 Å². The van der Waals surface area contributed by atoms with E-state index in [2.05, 4.69) is 15.0 Å². The van der Waals surface area contributed by atoms with Crippen LogP contribution in [-0.2, 0) is 0 Å². The van der Waals surface area contributed by atoms with Crippen molar-refractivity contribution in [1.29, 1.82) is 0 Å². The highest BCUT2D eigenvalue weighted by Crippen LogP contribution is 2.47. The van der Waals surface area contributed by atoms with E-state index in [4.69, 9.17) is 34.6 Å². The summed E-state index contributed by atoms with van der Waals surface area (Å²) in [5, 5.41) is -1.95. The lowest BCUT2D eigenvalue weighted by molar-refractivity contribution is 0.670. The third-order valence-electron chi connectivity index (χ3n) is 8.43. The zero-order valence-corrected chi connectivity index (χ0v) is 28.5. The minimum absolute atomic E-state index is 0.245. The molecule has 0 unspecified atom stereocenters. The van der Waals surface area contributed by atoms with Crippen LogP contribution in [0.25, 0.3) is 110 Å². The summed E-state index contributed by atoms with van der Waals surface area (Å²) in [4.78, 5) is 13.1. The summed E-state index contributed by atoms with van der Waals surface area (Å²) in [7, 11) is 0. The molecular weight excluding hydrogens is 703 g/mol. The molecule has 4 nitrogen and oxygen atoms in total. The normalized spacial score (nSPS) is 19.3. The van der Waals surface area contributed by atoms with Gasteiger partial charge in [-0.1, -0.05) is 175 Å². The fourth-order valence-corrected chi connectivity index (χ4v) is 7.16. The standard InChI is InChI=1S/C51H31N3OS/c1-4-14-32(15-5-1)33-26-28-36(29-27-33)50-52-49(35-18-8-3-9-19-35)53-51(54-50)42-23-13-24-43-45(42)41-22-12-21-38(47(41)55-43)39-31-30-37(34-16-6-2-7-17-34)46-40-20-10-11-25-44(40)56-48(39)46/h1-31H/i1D,2D,3D,4D,5D,6D,7D,8D,9D,10D,11D,12D,13D,14D,15D,16D,17D,18D,19D,20D,21D,22D,23D,24D,25D,26D,27D,28D,29D,30D,31D. The van der Waals surface area contributed by atoms with Gasteiger partial charge in [0.05, 0.1) is 42.5 Å². The molecule has 0 amide bonds. The van der Waals surface area contributed by atoms with Gasteiger partial charge in [0.15, 0.2) is 17.5 Å². The number of benzene rings is 8. The highest BCUT2D eigenvalue weighted by atomic mass is 32.1. The minimum Gasteiger partial charge on any atom is -0.455 e. The number of hydrogen-bond acceptors (Lipinski definition) is 5. The third-order valence-corrected chi connectivity index (χ3v) is 9.55. The van der Waals surface area contributed by atoms with Crippen molar-refractivity contribution in [2.45, 2.75) is 0 Å². The van der Waals surface area contributed by atoms with Crippen molar-refractivity contribution in [2.75, 3.05) is 0 Å². The van der Waals surface area contributed by atoms with Gasteiger partial charge in [0.1, 0.15) is 11.2 Å². The number of para-hydroxylation sites is 1. The average molecular weight is 765 g/mol. The molecule has 0 saturated carbocycles. The van der Waals surface area contributed by atoms with Gasteiger partial charge in [-0.05, 0) is 34.3 Å². The van der Waals surface area contributed by atoms with Gasteiger partial charge in [-0.2, -0.15) is 0 Å². The van der Waals surface area contributed by atoms with Gasteiger partial charge >= 0.3 is 0 Å². The number of nitrogens with zero attached hydrogens (tertiary/aromatic N) is 3. The first-order valence-corrected chi connectivity index (χ1v) is 17.0. The van der Waals surface area contributed by atoms with Crippen LogP contribution in [0.5, 0.6) is 0 Å². The van der Waals surface area contributed by atoms with Gasteiger partial charge in [-0.25, -0.2) is 15.0 Å². The Morgan fingerprint density at radius 2 is 0.911 bits per heavy atom. The van der Waals surface area contributed by atoms with E-state index >= 15 is 0 Å². The van der Waals surface area contributed by atoms with Crippen LogP contribution in [0.15, 0.2) is 192 Å². The first-order chi connectivity index (χ1) is 40.6. The average Bonchev–Trinajstić information content (AvgIpc) is 1.62. The predicted octanol–water partition coefficient (Wildman–Crippen LogP) is 14.1. The lowest BCUT2D eigenvalue weighted by Gasteiger charge is -2.10. The molecule has 11 rings (SSSR count). The first-order valence-electron chi connectivity index (χ1n) is 31.7. The lowest BCUT2D eigenvalue weighted by Crippen LogP contribution is -2.00. The molecule has 0 spiro atoms. The quantitative estimate of drug-likeness (QED) is 0.169. The van der Waals surface area contributed by atoms with E-state index in [0.717, 1.165) is 0 Å². The van der Waals surface area contributed by atoms with Gasteiger partial charge in [-0.15, -0.1) is 11.3 Å². The zero-order chi connectivity index (χ0) is 64.0. The third kappa shape index (κ3) is 5.40. The van der Waals surface area contributed by atoms with Gasteiger partial charge < -0.3 is 4.42 Å². The summed E-state index contributed by atoms with van der Waals surface area (Å²) < 4.78 is 281. The second-order valence-corrected chi connectivity index (χ2v) is 12.6. The highest BCUT2D eigenvalue weighted by molar-refractivity contribution is 7.26. The van der Waals surface area contributed by atoms with Crippen molar-refractivity contribution in [1.82, 2.24) is 15.0 Å². The Hall–Kier alpha value is -7.21. The SMILES string of the molecule is [2H]c1c([2H])c([2H])c(-c2nc(-c3c([2H])c([2H])c(-c4c([2H])c([2H])c([2H])c([2H])c4[2H])c([2H])c3[2H])nc(-c3c([2H])c([2H])c([2H])c4oc5c(-c6c([2H])c([2H])c(-c7c([2H])c([2H])c([2H])c([2H])c7[2H])c7c6sc6c([2H])c([2H])c([2H])c([2H])c67)c([2H])c([2H])c([2H])c5c34)n2)c([2H])c1[2H]. The molecule has 3 heterocycles. The van der Waals surface area contributed by atoms with Crippen LogP contribution in [0.4, 0.5) is 0 Å². The van der Waals surface area contributed by atoms with Crippen molar-refractivity contribution >= 4 is 53.4 Å². The fraction of sp³-hybridized carbons (Fsp3) is 0. The molecule has 0 aliphatic carbocycles. The van der Waals surface area contributed by atoms with Crippen LogP contribution in [0.3, 0.4) is 0 Å². The van der Waals surface area contributed by atoms with Gasteiger partial charge in [0, 0.05) is 58.8 Å². The molecule has 0 saturated heterocycles. The second kappa shape index (κ2) is 13.3. The van der Waals surface area contributed by atoms with Crippen molar-refractivity contribution in [3.63, 3.8) is 0 Å². The van der Waals surface area contributed by atoms with E-state index in [1.807, 2.05) is 0 Å². The molecule has 3 aromatic heterocycles. The van der Waals surface area contributed by atoms with Crippen LogP contribution in [0, 0.1) is 0 Å². The maximum absolute atomic E-state index is 9.71. The van der Waals surface area contributed by atoms with Gasteiger partial charge in [0.2, 0.25) is 0 Å². The van der Waals surface area contributed by atoms with E-state index in [-0.39, 0.29) is 20.2 Å². The molecule has 0 bridgehead atoms. The summed E-state index contributed by atoms with van der Waals surface area (Å²) in [6.45, 7) is 0. The summed E-state index contributed by atoms with van der Waals surface area (Å²) in [5.74, 6) is -2.70. The Balaban J connectivity index is 1.31. The number of fused-ring (bicyclic) bond motifs is 6. The van der Waals surface area contributed by atoms with Gasteiger partial charge in [0.25, 0.3) is 0 Å². The van der Waals surface area contributed by atoms with E-state index in [9.17, 15) is 12.3 Å². The Kier molecular flexibility index (Phi) is 3.28. The molecule has 0 aliphatic rings. The van der Waals surface area contributed by atoms with E-state index in [1.54, 1.807) is 0 Å². The number of aromatic nitrogens is 3. The molecule has 8 aromatic carbocycles. The molecule has 5 heteroatoms. The van der Waals surface area contributed by atoms with Crippen LogP contribution < -0.4 is 0 Å². The van der Waals surface area contributed by atoms with E-state index < -0.39 is 277 Å². The summed E-state index contributed by atoms with van der Waals surface area (Å²) >= 11 is 0.561. The molecule has 11 aromatic rings. The van der Waals surface area contributed by atoms with Crippen LogP contribution in [0.1, 0.15) is 42.5 Å². The largest absolute Gasteiger partial charge is 0.455 e. The Bertz CT molecular complexity index is 4960. The second-order valence-electron chi connectivity index (χ2n) is 11.6. The minimum atomic E-state index is -1.05. The fourth-order valence-electron chi connectivity index (χ4n) is 6.04. The monoisotopic (exact) mass is 764 g/mol. The molecule has 0 fully saturated rings. The Morgan fingerprint density at radius 1 is 0.375 bits per heavy atom. The topological polar surface area (TPSA) is 51.8 Å². The maximum Gasteiger partial charge on any atom is 0.164 e. The molecule has 0 N–H and O–H groups in total. The molecule has 0 radical (unpaired) electrons. The Morgan fingerprint density at radius 3 is 1.66 bits per heavy atom. The smallest absolute Gasteiger partial charge is 0.164 e. The summed E-state index contributed by atoms with van der Waals surface area (Å²) in [6, 6.07) is -28.1. The van der Waals surface area contributed by atoms with Crippen molar-refractivity contribution in [3.8, 4) is 67.5 Å². The number of thiophene rings is 1. The summed E-state index contributed by atoms with van der Waals surface area (Å²) in [6.07, 6.45) is 0. The van der Waals surface area contributed by atoms with Crippen LogP contribution >= 0.6 is 11.3 Å².